The number of quaternary nitrogens is 1. The maximum absolute atomic E-state index is 10.8. The second-order valence-electron chi connectivity index (χ2n) is 9.57. The van der Waals surface area contributed by atoms with Gasteiger partial charge in [-0.15, -0.1) is 0 Å². The Bertz CT molecular complexity index is 433. The normalized spacial score (nSPS) is 11.9. The third kappa shape index (κ3) is 35.3. The van der Waals surface area contributed by atoms with Gasteiger partial charge < -0.3 is 9.59 Å². The third-order valence-electron chi connectivity index (χ3n) is 5.07. The van der Waals surface area contributed by atoms with Gasteiger partial charge in [-0.1, -0.05) is 103 Å². The lowest BCUT2D eigenvalue weighted by Gasteiger charge is -2.21. The lowest BCUT2D eigenvalue weighted by atomic mass is 10.0. The SMILES string of the molecule is CCCCCCCCCCCCCCCCCCOS(C)(=O)=O.C[N+](C)(C)CCO. The lowest BCUT2D eigenvalue weighted by molar-refractivity contribution is -0.870. The average molecular weight is 453 g/mol. The van der Waals surface area contributed by atoms with E-state index in [1.807, 2.05) is 0 Å². The van der Waals surface area contributed by atoms with E-state index < -0.39 is 10.1 Å². The molecule has 0 unspecified atom stereocenters. The summed E-state index contributed by atoms with van der Waals surface area (Å²) in [4.78, 5) is 0. The number of hydrogen-bond donors (Lipinski definition) is 1. The van der Waals surface area contributed by atoms with Crippen LogP contribution < -0.4 is 0 Å². The van der Waals surface area contributed by atoms with E-state index in [4.69, 9.17) is 9.29 Å². The second kappa shape index (κ2) is 22.0. The van der Waals surface area contributed by atoms with Gasteiger partial charge in [0.25, 0.3) is 10.1 Å². The highest BCUT2D eigenvalue weighted by atomic mass is 32.2. The first-order valence-corrected chi connectivity index (χ1v) is 14.2. The van der Waals surface area contributed by atoms with E-state index in [2.05, 4.69) is 28.1 Å². The Labute approximate surface area is 189 Å². The number of hydrogen-bond acceptors (Lipinski definition) is 4. The van der Waals surface area contributed by atoms with Gasteiger partial charge in [0.2, 0.25) is 0 Å². The van der Waals surface area contributed by atoms with Crippen LogP contribution >= 0.6 is 0 Å². The minimum Gasteiger partial charge on any atom is -0.391 e. The zero-order valence-corrected chi connectivity index (χ0v) is 21.8. The molecule has 0 amide bonds. The van der Waals surface area contributed by atoms with Gasteiger partial charge in [-0.2, -0.15) is 8.42 Å². The van der Waals surface area contributed by atoms with Gasteiger partial charge in [0, 0.05) is 0 Å². The summed E-state index contributed by atoms with van der Waals surface area (Å²) in [5.41, 5.74) is 0. The third-order valence-corrected chi connectivity index (χ3v) is 5.66. The summed E-state index contributed by atoms with van der Waals surface area (Å²) < 4.78 is 27.1. The van der Waals surface area contributed by atoms with E-state index in [1.54, 1.807) is 0 Å². The minimum absolute atomic E-state index is 0.281. The van der Waals surface area contributed by atoms with Crippen LogP contribution in [0.3, 0.4) is 0 Å². The van der Waals surface area contributed by atoms with Crippen LogP contribution in [0.4, 0.5) is 0 Å². The maximum Gasteiger partial charge on any atom is 0.264 e. The monoisotopic (exact) mass is 452 g/mol. The maximum atomic E-state index is 10.8. The number of aliphatic hydroxyl groups is 1. The Hall–Kier alpha value is -0.170. The quantitative estimate of drug-likeness (QED) is 0.142. The van der Waals surface area contributed by atoms with Gasteiger partial charge in [-0.05, 0) is 6.42 Å². The molecule has 0 aromatic carbocycles. The minimum atomic E-state index is -3.24. The molecular weight excluding hydrogens is 398 g/mol. The summed E-state index contributed by atoms with van der Waals surface area (Å²) in [6, 6.07) is 0. The second-order valence-corrected chi connectivity index (χ2v) is 11.2. The van der Waals surface area contributed by atoms with Crippen molar-refractivity contribution in [2.45, 2.75) is 110 Å². The molecule has 1 N–H and O–H groups in total. The standard InChI is InChI=1S/C19H40O3S.C5H14NO/c1-3-4-5-6-7-8-9-10-11-12-13-14-15-16-17-18-19-22-23(2,20)21;1-6(2,3)4-5-7/h3-19H2,1-2H3;7H,4-5H2,1-3H3/q;+1. The molecule has 0 heterocycles. The molecule has 0 bridgehead atoms. The van der Waals surface area contributed by atoms with E-state index >= 15 is 0 Å². The van der Waals surface area contributed by atoms with Crippen LogP contribution in [0.2, 0.25) is 0 Å². The molecule has 0 aliphatic heterocycles. The predicted molar refractivity (Wildman–Crippen MR) is 130 cm³/mol. The van der Waals surface area contributed by atoms with E-state index in [1.165, 1.54) is 89.9 Å². The zero-order chi connectivity index (χ0) is 23.1. The molecular formula is C24H54NO4S+. The van der Waals surface area contributed by atoms with Gasteiger partial charge in [-0.3, -0.25) is 4.18 Å². The van der Waals surface area contributed by atoms with Crippen LogP contribution in [-0.4, -0.2) is 65.2 Å². The molecule has 0 saturated heterocycles. The summed E-state index contributed by atoms with van der Waals surface area (Å²) >= 11 is 0. The van der Waals surface area contributed by atoms with Gasteiger partial charge in [0.1, 0.15) is 6.54 Å². The molecule has 0 aromatic rings. The summed E-state index contributed by atoms with van der Waals surface area (Å²) in [5.74, 6) is 0. The Morgan fingerprint density at radius 2 is 1.00 bits per heavy atom. The highest BCUT2D eigenvalue weighted by Crippen LogP contribution is 2.13. The van der Waals surface area contributed by atoms with Crippen LogP contribution in [0.5, 0.6) is 0 Å². The van der Waals surface area contributed by atoms with E-state index in [0.29, 0.717) is 6.61 Å². The highest BCUT2D eigenvalue weighted by Gasteiger charge is 2.02. The number of likely N-dealkylation sites (N-methyl/N-ethyl adjacent to an activating group) is 1. The Balaban J connectivity index is 0. The van der Waals surface area contributed by atoms with Crippen molar-refractivity contribution in [3.63, 3.8) is 0 Å². The zero-order valence-electron chi connectivity index (χ0n) is 21.0. The summed E-state index contributed by atoms with van der Waals surface area (Å²) in [7, 11) is 2.91. The largest absolute Gasteiger partial charge is 0.391 e. The number of rotatable bonds is 20. The molecule has 0 fully saturated rings. The molecule has 184 valence electrons. The number of unbranched alkanes of at least 4 members (excludes halogenated alkanes) is 15. The summed E-state index contributed by atoms with van der Waals surface area (Å²) in [6.07, 6.45) is 22.3. The van der Waals surface area contributed by atoms with Crippen molar-refractivity contribution in [3.05, 3.63) is 0 Å². The first-order chi connectivity index (χ1) is 14.1. The first kappa shape index (κ1) is 32.0. The molecule has 0 saturated carbocycles. The van der Waals surface area contributed by atoms with Crippen LogP contribution in [0.25, 0.3) is 0 Å². The van der Waals surface area contributed by atoms with Crippen molar-refractivity contribution < 1.29 is 22.2 Å². The molecule has 0 spiro atoms. The van der Waals surface area contributed by atoms with Crippen molar-refractivity contribution in [1.82, 2.24) is 0 Å². The van der Waals surface area contributed by atoms with Crippen molar-refractivity contribution in [3.8, 4) is 0 Å². The molecule has 6 heteroatoms. The number of nitrogens with zero attached hydrogens (tertiary/aromatic N) is 1. The first-order valence-electron chi connectivity index (χ1n) is 12.4. The topological polar surface area (TPSA) is 63.6 Å². The molecule has 0 rings (SSSR count). The average Bonchev–Trinajstić information content (AvgIpc) is 2.63. The van der Waals surface area contributed by atoms with Crippen LogP contribution in [0.15, 0.2) is 0 Å². The van der Waals surface area contributed by atoms with Gasteiger partial charge >= 0.3 is 0 Å². The molecule has 0 aliphatic carbocycles. The van der Waals surface area contributed by atoms with Crippen LogP contribution in [-0.2, 0) is 14.3 Å². The lowest BCUT2D eigenvalue weighted by Crippen LogP contribution is -2.36. The summed E-state index contributed by atoms with van der Waals surface area (Å²) in [5, 5.41) is 8.39. The smallest absolute Gasteiger partial charge is 0.264 e. The van der Waals surface area contributed by atoms with Crippen molar-refractivity contribution in [1.29, 1.82) is 0 Å². The van der Waals surface area contributed by atoms with Crippen molar-refractivity contribution >= 4 is 10.1 Å². The van der Waals surface area contributed by atoms with Crippen molar-refractivity contribution in [2.75, 3.05) is 47.2 Å². The van der Waals surface area contributed by atoms with Gasteiger partial charge in [0.15, 0.2) is 0 Å². The van der Waals surface area contributed by atoms with Crippen LogP contribution in [0.1, 0.15) is 110 Å². The van der Waals surface area contributed by atoms with E-state index in [-0.39, 0.29) is 6.61 Å². The predicted octanol–water partition coefficient (Wildman–Crippen LogP) is 5.91. The van der Waals surface area contributed by atoms with Gasteiger partial charge in [-0.25, -0.2) is 0 Å². The molecule has 0 atom stereocenters. The fourth-order valence-corrected chi connectivity index (χ4v) is 3.58. The van der Waals surface area contributed by atoms with E-state index in [9.17, 15) is 8.42 Å². The fourth-order valence-electron chi connectivity index (χ4n) is 3.16. The molecule has 0 aliphatic rings. The molecule has 5 nitrogen and oxygen atoms in total. The Morgan fingerprint density at radius 1 is 0.667 bits per heavy atom. The molecule has 30 heavy (non-hydrogen) atoms. The van der Waals surface area contributed by atoms with Crippen molar-refractivity contribution in [2.24, 2.45) is 0 Å². The molecule has 0 aromatic heterocycles. The fraction of sp³-hybridized carbons (Fsp3) is 1.00. The Morgan fingerprint density at radius 3 is 1.23 bits per heavy atom. The Kier molecular flexibility index (Phi) is 23.5. The van der Waals surface area contributed by atoms with E-state index in [0.717, 1.165) is 30.1 Å². The number of aliphatic hydroxyl groups excluding tert-OH is 1. The highest BCUT2D eigenvalue weighted by molar-refractivity contribution is 7.85. The molecule has 0 radical (unpaired) electrons. The summed E-state index contributed by atoms with van der Waals surface area (Å²) in [6.45, 7) is 3.73. The van der Waals surface area contributed by atoms with Gasteiger partial charge in [0.05, 0.1) is 40.6 Å². The van der Waals surface area contributed by atoms with Crippen LogP contribution in [0, 0.1) is 0 Å².